The summed E-state index contributed by atoms with van der Waals surface area (Å²) in [4.78, 5) is 5.20. The monoisotopic (exact) mass is 678 g/mol. The molecule has 1 aromatic rings. The Morgan fingerprint density at radius 1 is 1.16 bits per heavy atom. The number of aliphatic hydroxyl groups excluding tert-OH is 2. The number of phenols is 1. The molecule has 2 heterocycles. The molecule has 9 nitrogen and oxygen atoms in total. The van der Waals surface area contributed by atoms with Crippen LogP contribution in [0.2, 0.25) is 0 Å². The summed E-state index contributed by atoms with van der Waals surface area (Å²) in [6, 6.07) is 6.48. The van der Waals surface area contributed by atoms with E-state index < -0.39 is 0 Å². The van der Waals surface area contributed by atoms with E-state index in [-0.39, 0.29) is 30.6 Å². The van der Waals surface area contributed by atoms with Gasteiger partial charge < -0.3 is 35.8 Å². The van der Waals surface area contributed by atoms with Gasteiger partial charge in [0.15, 0.2) is 23.3 Å². The van der Waals surface area contributed by atoms with E-state index in [1.54, 1.807) is 6.07 Å². The van der Waals surface area contributed by atoms with Crippen molar-refractivity contribution in [2.75, 3.05) is 39.4 Å². The maximum Gasteiger partial charge on any atom is 0.189 e. The summed E-state index contributed by atoms with van der Waals surface area (Å²) in [5.41, 5.74) is 10.2. The lowest BCUT2D eigenvalue weighted by Crippen LogP contribution is -2.38. The van der Waals surface area contributed by atoms with Gasteiger partial charge >= 0.3 is 0 Å². The number of ether oxygens (including phenoxy) is 2. The lowest BCUT2D eigenvalue weighted by atomic mass is 9.80. The van der Waals surface area contributed by atoms with Crippen molar-refractivity contribution in [2.24, 2.45) is 28.5 Å². The van der Waals surface area contributed by atoms with Crippen LogP contribution >= 0.6 is 0 Å². The van der Waals surface area contributed by atoms with Crippen molar-refractivity contribution in [3.05, 3.63) is 59.2 Å². The van der Waals surface area contributed by atoms with Gasteiger partial charge in [-0.15, -0.1) is 4.99 Å². The van der Waals surface area contributed by atoms with E-state index in [0.717, 1.165) is 93.8 Å². The highest BCUT2D eigenvalue weighted by Gasteiger charge is 2.47. The zero-order valence-electron chi connectivity index (χ0n) is 30.0. The Bertz CT molecular complexity index is 1270. The molecule has 0 bridgehead atoms. The third kappa shape index (κ3) is 10.5. The van der Waals surface area contributed by atoms with Crippen molar-refractivity contribution in [2.45, 2.75) is 116 Å². The van der Waals surface area contributed by atoms with Crippen LogP contribution in [0.15, 0.2) is 46.5 Å². The van der Waals surface area contributed by atoms with Gasteiger partial charge in [0.25, 0.3) is 0 Å². The van der Waals surface area contributed by atoms with Gasteiger partial charge in [0, 0.05) is 32.2 Å². The minimum Gasteiger partial charge on any atom is -0.504 e. The number of hydrogen-bond donors (Lipinski definition) is 6. The van der Waals surface area contributed by atoms with E-state index in [4.69, 9.17) is 20.2 Å². The molecule has 0 aromatic heterocycles. The highest BCUT2D eigenvalue weighted by atomic mass is 16.5. The number of unbranched alkanes of at least 4 members (excludes halogenated alkanes) is 4. The minimum atomic E-state index is -0.363. The molecule has 5 rings (SSSR count). The van der Waals surface area contributed by atoms with E-state index in [1.807, 2.05) is 25.1 Å². The number of likely N-dealkylation sites (N-methyl/N-ethyl adjacent to an activating group) is 1. The first-order chi connectivity index (χ1) is 23.9. The Balaban J connectivity index is 1.17. The fourth-order valence-electron chi connectivity index (χ4n) is 8.30. The summed E-state index contributed by atoms with van der Waals surface area (Å²) < 4.78 is 12.6. The number of rotatable bonds is 21. The average Bonchev–Trinajstić information content (AvgIpc) is 3.82. The molecule has 1 unspecified atom stereocenters. The lowest BCUT2D eigenvalue weighted by molar-refractivity contribution is 0.102. The number of aromatic hydroxyl groups is 1. The van der Waals surface area contributed by atoms with Gasteiger partial charge in [0.05, 0.1) is 18.1 Å². The van der Waals surface area contributed by atoms with E-state index in [9.17, 15) is 15.3 Å². The Hall–Kier alpha value is -2.53. The van der Waals surface area contributed by atoms with Gasteiger partial charge in [0.2, 0.25) is 0 Å². The molecule has 9 heteroatoms. The van der Waals surface area contributed by atoms with Gasteiger partial charge in [-0.1, -0.05) is 64.0 Å². The number of fused-ring (bicyclic) bond motifs is 2. The van der Waals surface area contributed by atoms with E-state index in [0.29, 0.717) is 30.7 Å². The SMILES string of the molecule is CCN[C@@H](COc1cc(CC[C-]2C=C(CO)C(CCCCCCCN)O2)ccc1O)[C+]1C=C2C(=N1)CC[C@H]1CCC[C@@H]1[C@@H]2CNC[C@H](C)O. The second kappa shape index (κ2) is 19.2. The minimum absolute atomic E-state index is 0.0222. The summed E-state index contributed by atoms with van der Waals surface area (Å²) in [7, 11) is 0. The van der Waals surface area contributed by atoms with Crippen LogP contribution < -0.4 is 21.1 Å². The predicted octanol–water partition coefficient (Wildman–Crippen LogP) is 5.54. The zero-order valence-corrected chi connectivity index (χ0v) is 30.0. The number of hydrogen-bond acceptors (Lipinski definition) is 9. The van der Waals surface area contributed by atoms with Crippen molar-refractivity contribution < 1.29 is 24.8 Å². The van der Waals surface area contributed by atoms with Crippen molar-refractivity contribution >= 4 is 5.71 Å². The van der Waals surface area contributed by atoms with Crippen LogP contribution in [0.4, 0.5) is 0 Å². The second-order valence-corrected chi connectivity index (χ2v) is 14.6. The van der Waals surface area contributed by atoms with Crippen LogP contribution in [0.5, 0.6) is 11.5 Å². The van der Waals surface area contributed by atoms with Gasteiger partial charge in [-0.3, -0.25) is 5.32 Å². The average molecular weight is 679 g/mol. The third-order valence-corrected chi connectivity index (χ3v) is 10.9. The Morgan fingerprint density at radius 2 is 2.00 bits per heavy atom. The van der Waals surface area contributed by atoms with Crippen LogP contribution in [0.25, 0.3) is 0 Å². The molecule has 4 aliphatic rings. The number of benzene rings is 1. The highest BCUT2D eigenvalue weighted by Crippen LogP contribution is 2.47. The third-order valence-electron chi connectivity index (χ3n) is 10.9. The second-order valence-electron chi connectivity index (χ2n) is 14.6. The molecule has 1 aromatic carbocycles. The largest absolute Gasteiger partial charge is 0.504 e. The first kappa shape index (κ1) is 37.7. The molecule has 0 amide bonds. The van der Waals surface area contributed by atoms with Gasteiger partial charge in [-0.2, -0.15) is 11.6 Å². The molecule has 0 radical (unpaired) electrons. The standard InChI is InChI=1S/C40H62N4O5/c1-3-43-37(36-22-33-34(24-42-23-27(2)46)32-11-9-10-29(32)15-17-35(33)44-36)26-48-40-20-28(14-18-38(40)47)13-16-31-21-30(25-45)39(49-31)12-7-5-4-6-8-19-41/h14,18,20-22,27,29,32,34,37,39,42-43,45-47H,3-13,15-17,19,23-26,41H2,1-2H3/t27-,29+,32-,34-,37-,39?/m0/s1. The fraction of sp³-hybridized carbons (Fsp3) is 0.675. The molecule has 0 saturated heterocycles. The van der Waals surface area contributed by atoms with Crippen LogP contribution in [-0.2, 0) is 11.2 Å². The number of aliphatic hydroxyl groups is 2. The topological polar surface area (TPSA) is 142 Å². The van der Waals surface area contributed by atoms with E-state index in [2.05, 4.69) is 23.6 Å². The molecule has 0 spiro atoms. The molecule has 272 valence electrons. The lowest BCUT2D eigenvalue weighted by Gasteiger charge is -2.24. The van der Waals surface area contributed by atoms with Crippen molar-refractivity contribution in [3.63, 3.8) is 0 Å². The van der Waals surface area contributed by atoms with Crippen molar-refractivity contribution in [3.8, 4) is 11.5 Å². The summed E-state index contributed by atoms with van der Waals surface area (Å²) in [5.74, 6) is 2.42. The summed E-state index contributed by atoms with van der Waals surface area (Å²) in [6.07, 6.45) is 19.0. The van der Waals surface area contributed by atoms with E-state index >= 15 is 0 Å². The molecule has 2 aliphatic carbocycles. The number of nitrogens with one attached hydrogen (secondary N) is 2. The summed E-state index contributed by atoms with van der Waals surface area (Å²) in [6.45, 7) is 7.31. The summed E-state index contributed by atoms with van der Waals surface area (Å²) in [5, 5.41) is 37.6. The Morgan fingerprint density at radius 3 is 2.80 bits per heavy atom. The maximum atomic E-state index is 10.7. The number of aryl methyl sites for hydroxylation is 1. The van der Waals surface area contributed by atoms with Crippen molar-refractivity contribution in [1.29, 1.82) is 0 Å². The van der Waals surface area contributed by atoms with Gasteiger partial charge in [-0.25, -0.2) is 0 Å². The van der Waals surface area contributed by atoms with Crippen LogP contribution in [0.3, 0.4) is 0 Å². The zero-order chi connectivity index (χ0) is 34.6. The van der Waals surface area contributed by atoms with E-state index in [1.165, 1.54) is 49.8 Å². The maximum absolute atomic E-state index is 10.7. The Labute approximate surface area is 294 Å². The van der Waals surface area contributed by atoms with Gasteiger partial charge in [0.1, 0.15) is 18.2 Å². The normalized spacial score (nSPS) is 24.6. The molecule has 7 N–H and O–H groups in total. The number of aliphatic imine (C=N–C) groups is 1. The van der Waals surface area contributed by atoms with Crippen LogP contribution in [0, 0.1) is 29.9 Å². The molecule has 49 heavy (non-hydrogen) atoms. The quantitative estimate of drug-likeness (QED) is 0.0736. The first-order valence-electron chi connectivity index (χ1n) is 19.2. The van der Waals surface area contributed by atoms with Gasteiger partial charge in [-0.05, 0) is 81.6 Å². The molecular weight excluding hydrogens is 616 g/mol. The number of phenolic OH excluding ortho intramolecular Hbond substituents is 1. The molecule has 2 fully saturated rings. The Kier molecular flexibility index (Phi) is 14.8. The van der Waals surface area contributed by atoms with Crippen LogP contribution in [-0.4, -0.2) is 78.7 Å². The molecule has 2 aliphatic heterocycles. The molecular formula is C40H62N4O5. The molecule has 2 saturated carbocycles. The first-order valence-corrected chi connectivity index (χ1v) is 19.2. The fourth-order valence-corrected chi connectivity index (χ4v) is 8.30. The molecule has 6 atom stereocenters. The number of nitrogens with zero attached hydrogens (tertiary/aromatic N) is 1. The smallest absolute Gasteiger partial charge is 0.189 e. The highest BCUT2D eigenvalue weighted by molar-refractivity contribution is 6.04. The van der Waals surface area contributed by atoms with Crippen LogP contribution in [0.1, 0.15) is 96.5 Å². The summed E-state index contributed by atoms with van der Waals surface area (Å²) >= 11 is 0. The van der Waals surface area contributed by atoms with Crippen molar-refractivity contribution in [1.82, 2.24) is 10.6 Å². The number of nitrogens with two attached hydrogens (primary N) is 1. The predicted molar refractivity (Wildman–Crippen MR) is 196 cm³/mol.